The van der Waals surface area contributed by atoms with Crippen LogP contribution in [0.25, 0.3) is 0 Å². The molecule has 1 aromatic heterocycles. The van der Waals surface area contributed by atoms with E-state index >= 15 is 0 Å². The lowest BCUT2D eigenvalue weighted by molar-refractivity contribution is -0.117. The van der Waals surface area contributed by atoms with Crippen LogP contribution in [0.3, 0.4) is 0 Å². The van der Waals surface area contributed by atoms with Gasteiger partial charge in [0.2, 0.25) is 5.91 Å². The predicted octanol–water partition coefficient (Wildman–Crippen LogP) is 1.09. The fourth-order valence-electron chi connectivity index (χ4n) is 1.35. The summed E-state index contributed by atoms with van der Waals surface area (Å²) < 4.78 is 0. The van der Waals surface area contributed by atoms with Crippen molar-refractivity contribution in [3.63, 3.8) is 0 Å². The highest BCUT2D eigenvalue weighted by molar-refractivity contribution is 7.99. The number of urea groups is 1. The summed E-state index contributed by atoms with van der Waals surface area (Å²) >= 11 is 1.13. The number of thioether (sulfide) groups is 1. The fourth-order valence-corrected chi connectivity index (χ4v) is 2.06. The van der Waals surface area contributed by atoms with E-state index in [1.165, 1.54) is 0 Å². The Balaban J connectivity index is 2.34. The van der Waals surface area contributed by atoms with E-state index in [2.05, 4.69) is 20.6 Å². The van der Waals surface area contributed by atoms with Gasteiger partial charge in [-0.3, -0.25) is 10.1 Å². The number of carbonyl (C=O) groups excluding carboxylic acids is 2. The van der Waals surface area contributed by atoms with Gasteiger partial charge in [-0.05, 0) is 13.3 Å². The van der Waals surface area contributed by atoms with Crippen molar-refractivity contribution < 1.29 is 9.59 Å². The number of rotatable bonds is 6. The molecule has 0 saturated carbocycles. The van der Waals surface area contributed by atoms with E-state index in [1.54, 1.807) is 13.0 Å². The number of amides is 3. The standard InChI is InChI=1S/C12H19N5O2S/c1-3-4-5-14-11(19)17-10(18)7-20-12-15-8(2)6-9(13)16-12/h6H,3-5,7H2,1-2H3,(H2,13,15,16)(H2,14,17,18,19). The summed E-state index contributed by atoms with van der Waals surface area (Å²) in [5.74, 6) is 0.0229. The van der Waals surface area contributed by atoms with Crippen LogP contribution in [0.1, 0.15) is 25.5 Å². The summed E-state index contributed by atoms with van der Waals surface area (Å²) in [5.41, 5.74) is 6.32. The van der Waals surface area contributed by atoms with Crippen molar-refractivity contribution in [3.8, 4) is 0 Å². The molecule has 0 radical (unpaired) electrons. The van der Waals surface area contributed by atoms with E-state index in [0.717, 1.165) is 30.3 Å². The molecule has 0 fully saturated rings. The van der Waals surface area contributed by atoms with Crippen LogP contribution in [0.15, 0.2) is 11.2 Å². The van der Waals surface area contributed by atoms with Gasteiger partial charge in [-0.15, -0.1) is 0 Å². The average molecular weight is 297 g/mol. The number of aryl methyl sites for hydroxylation is 1. The zero-order valence-electron chi connectivity index (χ0n) is 11.6. The molecule has 7 nitrogen and oxygen atoms in total. The highest BCUT2D eigenvalue weighted by atomic mass is 32.2. The Morgan fingerprint density at radius 1 is 1.40 bits per heavy atom. The second-order valence-corrected chi connectivity index (χ2v) is 5.11. The zero-order valence-corrected chi connectivity index (χ0v) is 12.4. The number of hydrogen-bond donors (Lipinski definition) is 3. The Labute approximate surface area is 122 Å². The van der Waals surface area contributed by atoms with Crippen molar-refractivity contribution in [2.24, 2.45) is 0 Å². The topological polar surface area (TPSA) is 110 Å². The third-order valence-electron chi connectivity index (χ3n) is 2.25. The first-order valence-electron chi connectivity index (χ1n) is 6.33. The molecule has 0 aliphatic heterocycles. The van der Waals surface area contributed by atoms with Gasteiger partial charge in [-0.2, -0.15) is 0 Å². The average Bonchev–Trinajstić information content (AvgIpc) is 2.35. The molecular weight excluding hydrogens is 278 g/mol. The van der Waals surface area contributed by atoms with Crippen LogP contribution in [-0.4, -0.2) is 34.2 Å². The molecule has 4 N–H and O–H groups in total. The number of hydrogen-bond acceptors (Lipinski definition) is 6. The van der Waals surface area contributed by atoms with Crippen LogP contribution in [0.5, 0.6) is 0 Å². The summed E-state index contributed by atoms with van der Waals surface area (Å²) in [6, 6.07) is 1.17. The molecule has 1 rings (SSSR count). The first-order valence-corrected chi connectivity index (χ1v) is 7.31. The monoisotopic (exact) mass is 297 g/mol. The molecular formula is C12H19N5O2S. The van der Waals surface area contributed by atoms with Gasteiger partial charge in [0.1, 0.15) is 5.82 Å². The van der Waals surface area contributed by atoms with Crippen LogP contribution < -0.4 is 16.4 Å². The molecule has 0 bridgehead atoms. The molecule has 1 heterocycles. The minimum Gasteiger partial charge on any atom is -0.384 e. The normalized spacial score (nSPS) is 10.1. The lowest BCUT2D eigenvalue weighted by atomic mass is 10.3. The highest BCUT2D eigenvalue weighted by Crippen LogP contribution is 2.14. The molecule has 0 aliphatic rings. The molecule has 1 aromatic rings. The maximum absolute atomic E-state index is 11.5. The second-order valence-electron chi connectivity index (χ2n) is 4.16. The van der Waals surface area contributed by atoms with Gasteiger partial charge >= 0.3 is 6.03 Å². The summed E-state index contributed by atoms with van der Waals surface area (Å²) in [7, 11) is 0. The Kier molecular flexibility index (Phi) is 6.78. The number of anilines is 1. The minimum atomic E-state index is -0.478. The smallest absolute Gasteiger partial charge is 0.321 e. The van der Waals surface area contributed by atoms with Gasteiger partial charge in [0.05, 0.1) is 5.75 Å². The van der Waals surface area contributed by atoms with E-state index in [0.29, 0.717) is 17.5 Å². The predicted molar refractivity (Wildman–Crippen MR) is 78.4 cm³/mol. The Hall–Kier alpha value is -1.83. The van der Waals surface area contributed by atoms with E-state index < -0.39 is 11.9 Å². The van der Waals surface area contributed by atoms with Gasteiger partial charge in [0.15, 0.2) is 5.16 Å². The van der Waals surface area contributed by atoms with E-state index in [9.17, 15) is 9.59 Å². The molecule has 0 aromatic carbocycles. The van der Waals surface area contributed by atoms with Crippen LogP contribution in [0.2, 0.25) is 0 Å². The second kappa shape index (κ2) is 8.36. The number of carbonyl (C=O) groups is 2. The fraction of sp³-hybridized carbons (Fsp3) is 0.500. The van der Waals surface area contributed by atoms with Crippen LogP contribution >= 0.6 is 11.8 Å². The highest BCUT2D eigenvalue weighted by Gasteiger charge is 2.09. The van der Waals surface area contributed by atoms with Crippen LogP contribution in [0, 0.1) is 6.92 Å². The Bertz CT molecular complexity index is 461. The first kappa shape index (κ1) is 16.2. The van der Waals surface area contributed by atoms with Crippen LogP contribution in [0.4, 0.5) is 10.6 Å². The van der Waals surface area contributed by atoms with E-state index in [4.69, 9.17) is 5.73 Å². The number of imide groups is 1. The van der Waals surface area contributed by atoms with Gasteiger partial charge in [0.25, 0.3) is 0 Å². The zero-order chi connectivity index (χ0) is 15.0. The number of unbranched alkanes of at least 4 members (excludes halogenated alkanes) is 1. The van der Waals surface area contributed by atoms with Gasteiger partial charge < -0.3 is 11.1 Å². The SMILES string of the molecule is CCCCNC(=O)NC(=O)CSc1nc(C)cc(N)n1. The van der Waals surface area contributed by atoms with Crippen molar-refractivity contribution in [1.82, 2.24) is 20.6 Å². The van der Waals surface area contributed by atoms with Crippen LogP contribution in [-0.2, 0) is 4.79 Å². The number of aromatic nitrogens is 2. The number of nitrogen functional groups attached to an aromatic ring is 1. The van der Waals surface area contributed by atoms with Gasteiger partial charge in [-0.1, -0.05) is 25.1 Å². The molecule has 0 aliphatic carbocycles. The lowest BCUT2D eigenvalue weighted by Gasteiger charge is -2.06. The lowest BCUT2D eigenvalue weighted by Crippen LogP contribution is -2.40. The van der Waals surface area contributed by atoms with Crippen molar-refractivity contribution in [2.75, 3.05) is 18.0 Å². The first-order chi connectivity index (χ1) is 9.51. The molecule has 0 atom stereocenters. The maximum Gasteiger partial charge on any atom is 0.321 e. The molecule has 0 saturated heterocycles. The van der Waals surface area contributed by atoms with Crippen molar-refractivity contribution in [2.45, 2.75) is 31.8 Å². The summed E-state index contributed by atoms with van der Waals surface area (Å²) in [6.07, 6.45) is 1.86. The van der Waals surface area contributed by atoms with Crippen molar-refractivity contribution in [3.05, 3.63) is 11.8 Å². The summed E-state index contributed by atoms with van der Waals surface area (Å²) in [6.45, 7) is 4.37. The molecule has 3 amide bonds. The van der Waals surface area contributed by atoms with Crippen molar-refractivity contribution >= 4 is 29.5 Å². The molecule has 0 unspecified atom stereocenters. The Morgan fingerprint density at radius 2 is 2.15 bits per heavy atom. The van der Waals surface area contributed by atoms with E-state index in [1.807, 2.05) is 6.92 Å². The Morgan fingerprint density at radius 3 is 2.80 bits per heavy atom. The number of nitrogens with one attached hydrogen (secondary N) is 2. The molecule has 8 heteroatoms. The van der Waals surface area contributed by atoms with E-state index in [-0.39, 0.29) is 5.75 Å². The minimum absolute atomic E-state index is 0.0596. The summed E-state index contributed by atoms with van der Waals surface area (Å²) in [4.78, 5) is 31.0. The summed E-state index contributed by atoms with van der Waals surface area (Å²) in [5, 5.41) is 5.26. The van der Waals surface area contributed by atoms with Gasteiger partial charge in [-0.25, -0.2) is 14.8 Å². The van der Waals surface area contributed by atoms with Crippen molar-refractivity contribution in [1.29, 1.82) is 0 Å². The molecule has 20 heavy (non-hydrogen) atoms. The third kappa shape index (κ3) is 6.37. The largest absolute Gasteiger partial charge is 0.384 e. The molecule has 110 valence electrons. The third-order valence-corrected chi connectivity index (χ3v) is 3.10. The maximum atomic E-state index is 11.5. The molecule has 0 spiro atoms. The van der Waals surface area contributed by atoms with Gasteiger partial charge in [0, 0.05) is 18.3 Å². The number of nitrogens with two attached hydrogens (primary N) is 1. The number of nitrogens with zero attached hydrogens (tertiary/aromatic N) is 2. The quantitative estimate of drug-likeness (QED) is 0.412.